The summed E-state index contributed by atoms with van der Waals surface area (Å²) in [7, 11) is 0. The van der Waals surface area contributed by atoms with Gasteiger partial charge in [0.15, 0.2) is 5.78 Å². The summed E-state index contributed by atoms with van der Waals surface area (Å²) in [6.45, 7) is 6.32. The number of ketones is 1. The van der Waals surface area contributed by atoms with Crippen molar-refractivity contribution in [2.45, 2.75) is 58.9 Å². The zero-order valence-electron chi connectivity index (χ0n) is 24.8. The van der Waals surface area contributed by atoms with Gasteiger partial charge in [-0.2, -0.15) is 0 Å². The Hall–Kier alpha value is -4.25. The third kappa shape index (κ3) is 9.13. The van der Waals surface area contributed by atoms with Crippen LogP contribution in [0, 0.1) is 17.3 Å². The monoisotopic (exact) mass is 563 g/mol. The van der Waals surface area contributed by atoms with Crippen molar-refractivity contribution < 1.29 is 19.5 Å². The molecule has 0 saturated carbocycles. The maximum absolute atomic E-state index is 13.8. The van der Waals surface area contributed by atoms with Crippen molar-refractivity contribution in [3.8, 4) is 0 Å². The van der Waals surface area contributed by atoms with E-state index in [0.29, 0.717) is 19.3 Å². The van der Waals surface area contributed by atoms with Crippen LogP contribution in [0.3, 0.4) is 0 Å². The molecule has 5 heteroatoms. The van der Waals surface area contributed by atoms with E-state index < -0.39 is 17.9 Å². The molecule has 2 N–H and O–H groups in total. The molecular weight excluding hydrogens is 522 g/mol. The average Bonchev–Trinajstić information content (AvgIpc) is 2.96. The van der Waals surface area contributed by atoms with E-state index >= 15 is 0 Å². The molecule has 4 aromatic rings. The molecule has 0 aliphatic carbocycles. The summed E-state index contributed by atoms with van der Waals surface area (Å²) >= 11 is 0. The number of nitrogens with one attached hydrogen (secondary N) is 1. The first kappa shape index (κ1) is 30.7. The number of carboxylic acid groups (broad SMARTS) is 1. The summed E-state index contributed by atoms with van der Waals surface area (Å²) in [5.41, 5.74) is 2.75. The fourth-order valence-corrected chi connectivity index (χ4v) is 5.56. The lowest BCUT2D eigenvalue weighted by Crippen LogP contribution is -2.46. The van der Waals surface area contributed by atoms with Crippen LogP contribution in [0.1, 0.15) is 50.3 Å². The van der Waals surface area contributed by atoms with E-state index in [1.54, 1.807) is 0 Å². The van der Waals surface area contributed by atoms with Crippen LogP contribution in [0.15, 0.2) is 103 Å². The minimum absolute atomic E-state index is 0.0933. The number of carbonyl (C=O) groups excluding carboxylic acids is 2. The van der Waals surface area contributed by atoms with Gasteiger partial charge in [-0.05, 0) is 58.6 Å². The Labute approximate surface area is 249 Å². The van der Waals surface area contributed by atoms with Crippen molar-refractivity contribution in [1.29, 1.82) is 0 Å². The molecule has 0 bridgehead atoms. The van der Waals surface area contributed by atoms with Gasteiger partial charge in [0.1, 0.15) is 0 Å². The van der Waals surface area contributed by atoms with Gasteiger partial charge < -0.3 is 10.4 Å². The lowest BCUT2D eigenvalue weighted by atomic mass is 9.81. The second kappa shape index (κ2) is 14.1. The van der Waals surface area contributed by atoms with Crippen molar-refractivity contribution in [2.75, 3.05) is 0 Å². The summed E-state index contributed by atoms with van der Waals surface area (Å²) in [5, 5.41) is 15.3. The van der Waals surface area contributed by atoms with E-state index in [1.165, 1.54) is 0 Å². The van der Waals surface area contributed by atoms with Gasteiger partial charge >= 0.3 is 5.97 Å². The van der Waals surface area contributed by atoms with E-state index in [1.807, 2.05) is 103 Å². The largest absolute Gasteiger partial charge is 0.481 e. The molecule has 0 aromatic heterocycles. The minimum Gasteiger partial charge on any atom is -0.481 e. The van der Waals surface area contributed by atoms with E-state index in [2.05, 4.69) is 26.1 Å². The van der Waals surface area contributed by atoms with Crippen LogP contribution in [0.4, 0.5) is 0 Å². The van der Waals surface area contributed by atoms with Crippen molar-refractivity contribution in [1.82, 2.24) is 5.32 Å². The summed E-state index contributed by atoms with van der Waals surface area (Å²) in [6, 6.07) is 32.4. The summed E-state index contributed by atoms with van der Waals surface area (Å²) in [5.74, 6) is -2.69. The predicted molar refractivity (Wildman–Crippen MR) is 168 cm³/mol. The Morgan fingerprint density at radius 2 is 1.21 bits per heavy atom. The first-order valence-corrected chi connectivity index (χ1v) is 14.7. The number of amides is 1. The molecule has 0 fully saturated rings. The van der Waals surface area contributed by atoms with Crippen LogP contribution in [-0.2, 0) is 33.6 Å². The highest BCUT2D eigenvalue weighted by Gasteiger charge is 2.31. The van der Waals surface area contributed by atoms with Gasteiger partial charge in [0.25, 0.3) is 0 Å². The molecular formula is C37H41NO4. The normalized spacial score (nSPS) is 13.7. The zero-order chi connectivity index (χ0) is 30.1. The van der Waals surface area contributed by atoms with Crippen LogP contribution in [0.2, 0.25) is 0 Å². The lowest BCUT2D eigenvalue weighted by Gasteiger charge is -2.28. The third-order valence-electron chi connectivity index (χ3n) is 7.64. The van der Waals surface area contributed by atoms with Crippen LogP contribution in [0.25, 0.3) is 10.8 Å². The zero-order valence-corrected chi connectivity index (χ0v) is 24.8. The molecule has 218 valence electrons. The van der Waals surface area contributed by atoms with E-state index in [9.17, 15) is 19.5 Å². The molecule has 0 radical (unpaired) electrons. The van der Waals surface area contributed by atoms with Gasteiger partial charge in [-0.1, -0.05) is 124 Å². The maximum atomic E-state index is 13.8. The SMILES string of the molecule is CC(C)(C)C[C@H](Cc1ccccc1)C(=O)N[C@H](Cc1ccccc1)C(=O)C[C@H](Cc1ccc2ccccc2c1)C(=O)O. The van der Waals surface area contributed by atoms with Crippen molar-refractivity contribution >= 4 is 28.4 Å². The standard InChI is InChI=1S/C37H41NO4/c1-37(2,3)25-32(20-26-12-6-4-7-13-26)35(40)38-33(23-27-14-8-5-9-15-27)34(39)24-31(36(41)42)22-28-18-19-29-16-10-11-17-30(29)21-28/h4-19,21,31-33H,20,22-25H2,1-3H3,(H,38,40)(H,41,42)/t31-,32-,33+/m0/s1. The Bertz CT molecular complexity index is 1490. The quantitative estimate of drug-likeness (QED) is 0.182. The van der Waals surface area contributed by atoms with Gasteiger partial charge in [-0.15, -0.1) is 0 Å². The van der Waals surface area contributed by atoms with Crippen LogP contribution >= 0.6 is 0 Å². The van der Waals surface area contributed by atoms with Crippen LogP contribution in [0.5, 0.6) is 0 Å². The molecule has 0 unspecified atom stereocenters. The van der Waals surface area contributed by atoms with Crippen molar-refractivity contribution in [3.05, 3.63) is 120 Å². The third-order valence-corrected chi connectivity index (χ3v) is 7.64. The first-order valence-electron chi connectivity index (χ1n) is 14.7. The molecule has 0 saturated heterocycles. The van der Waals surface area contributed by atoms with Gasteiger partial charge in [0, 0.05) is 12.3 Å². The molecule has 0 aliphatic heterocycles. The number of Topliss-reactive ketones (excluding diaryl/α,β-unsaturated/α-hetero) is 1. The van der Waals surface area contributed by atoms with Crippen LogP contribution < -0.4 is 5.32 Å². The van der Waals surface area contributed by atoms with E-state index in [-0.39, 0.29) is 35.9 Å². The average molecular weight is 564 g/mol. The molecule has 4 aromatic carbocycles. The van der Waals surface area contributed by atoms with Gasteiger partial charge in [-0.25, -0.2) is 0 Å². The van der Waals surface area contributed by atoms with Gasteiger partial charge in [0.2, 0.25) is 5.91 Å². The summed E-state index contributed by atoms with van der Waals surface area (Å²) in [6.07, 6.45) is 1.60. The van der Waals surface area contributed by atoms with E-state index in [0.717, 1.165) is 27.5 Å². The second-order valence-electron chi connectivity index (χ2n) is 12.5. The van der Waals surface area contributed by atoms with Crippen LogP contribution in [-0.4, -0.2) is 28.8 Å². The van der Waals surface area contributed by atoms with Crippen molar-refractivity contribution in [2.24, 2.45) is 17.3 Å². The lowest BCUT2D eigenvalue weighted by molar-refractivity contribution is -0.144. The van der Waals surface area contributed by atoms with Gasteiger partial charge in [0.05, 0.1) is 12.0 Å². The number of carboxylic acids is 1. The molecule has 0 aliphatic rings. The van der Waals surface area contributed by atoms with Crippen molar-refractivity contribution in [3.63, 3.8) is 0 Å². The molecule has 42 heavy (non-hydrogen) atoms. The Morgan fingerprint density at radius 3 is 1.81 bits per heavy atom. The Kier molecular flexibility index (Phi) is 10.3. The number of carbonyl (C=O) groups is 3. The molecule has 0 spiro atoms. The maximum Gasteiger partial charge on any atom is 0.307 e. The summed E-state index contributed by atoms with van der Waals surface area (Å²) in [4.78, 5) is 39.9. The topological polar surface area (TPSA) is 83.5 Å². The molecule has 0 heterocycles. The second-order valence-corrected chi connectivity index (χ2v) is 12.5. The first-order chi connectivity index (χ1) is 20.1. The summed E-state index contributed by atoms with van der Waals surface area (Å²) < 4.78 is 0. The van der Waals surface area contributed by atoms with Gasteiger partial charge in [-0.3, -0.25) is 14.4 Å². The Morgan fingerprint density at radius 1 is 0.667 bits per heavy atom. The number of aliphatic carboxylic acids is 1. The molecule has 5 nitrogen and oxygen atoms in total. The fourth-order valence-electron chi connectivity index (χ4n) is 5.56. The number of hydrogen-bond acceptors (Lipinski definition) is 3. The number of hydrogen-bond donors (Lipinski definition) is 2. The predicted octanol–water partition coefficient (Wildman–Crippen LogP) is 7.06. The fraction of sp³-hybridized carbons (Fsp3) is 0.324. The molecule has 3 atom stereocenters. The number of rotatable bonds is 13. The highest BCUT2D eigenvalue weighted by Crippen LogP contribution is 2.28. The molecule has 4 rings (SSSR count). The smallest absolute Gasteiger partial charge is 0.307 e. The Balaban J connectivity index is 1.54. The number of fused-ring (bicyclic) bond motifs is 1. The number of benzene rings is 4. The molecule has 1 amide bonds. The highest BCUT2D eigenvalue weighted by molar-refractivity contribution is 5.92. The minimum atomic E-state index is -1.02. The van der Waals surface area contributed by atoms with E-state index in [4.69, 9.17) is 0 Å². The highest BCUT2D eigenvalue weighted by atomic mass is 16.4.